The number of rotatable bonds is 24. The summed E-state index contributed by atoms with van der Waals surface area (Å²) >= 11 is -3.96. The van der Waals surface area contributed by atoms with Crippen molar-refractivity contribution in [2.24, 2.45) is 0 Å². The summed E-state index contributed by atoms with van der Waals surface area (Å²) in [4.78, 5) is 0. The monoisotopic (exact) mass is 460 g/mol. The van der Waals surface area contributed by atoms with Crippen LogP contribution in [0, 0.1) is 0 Å². The van der Waals surface area contributed by atoms with E-state index in [9.17, 15) is 0 Å². The zero-order valence-electron chi connectivity index (χ0n) is 19.1. The molecule has 0 aromatic carbocycles. The molecule has 0 aliphatic heterocycles. The van der Waals surface area contributed by atoms with Crippen LogP contribution in [0.4, 0.5) is 0 Å². The molecule has 0 aliphatic carbocycles. The van der Waals surface area contributed by atoms with Crippen LogP contribution in [-0.4, -0.2) is 79.3 Å². The molecule has 29 heavy (non-hydrogen) atoms. The first-order valence-corrected chi connectivity index (χ1v) is 13.7. The Labute approximate surface area is 183 Å². The van der Waals surface area contributed by atoms with E-state index in [-0.39, 0.29) is 0 Å². The molecule has 8 nitrogen and oxygen atoms in total. The van der Waals surface area contributed by atoms with Crippen LogP contribution >= 0.6 is 0 Å². The predicted molar refractivity (Wildman–Crippen MR) is 108 cm³/mol. The van der Waals surface area contributed by atoms with Crippen molar-refractivity contribution in [2.75, 3.05) is 79.3 Å². The van der Waals surface area contributed by atoms with E-state index >= 15 is 0 Å². The average Bonchev–Trinajstić information content (AvgIpc) is 2.73. The molecule has 9 heteroatoms. The maximum absolute atomic E-state index is 6.03. The first-order chi connectivity index (χ1) is 14.2. The van der Waals surface area contributed by atoms with Crippen LogP contribution in [0.1, 0.15) is 53.4 Å². The second-order valence-electron chi connectivity index (χ2n) is 6.34. The quantitative estimate of drug-likeness (QED) is 0.160. The van der Waals surface area contributed by atoms with Crippen LogP contribution in [0.15, 0.2) is 0 Å². The molecule has 0 saturated heterocycles. The van der Waals surface area contributed by atoms with Crippen LogP contribution in [0.3, 0.4) is 0 Å². The Morgan fingerprint density at radius 2 is 0.586 bits per heavy atom. The Bertz CT molecular complexity index is 261. The van der Waals surface area contributed by atoms with Crippen molar-refractivity contribution in [1.82, 2.24) is 0 Å². The second kappa shape index (κ2) is 23.1. The standard InChI is InChI=1S/4C5H11O2.Ti/c4*1-2-4-7-5-3-6;/h4*2-5H2,1H3;/q4*-1;+4. The minimum absolute atomic E-state index is 0.363. The molecule has 0 aromatic heterocycles. The molecule has 0 atom stereocenters. The molecule has 0 heterocycles. The third kappa shape index (κ3) is 18.9. The Hall–Kier alpha value is 0.394. The summed E-state index contributed by atoms with van der Waals surface area (Å²) in [5.74, 6) is 0. The number of hydrogen-bond donors (Lipinski definition) is 0. The van der Waals surface area contributed by atoms with Crippen molar-refractivity contribution >= 4 is 0 Å². The van der Waals surface area contributed by atoms with E-state index in [2.05, 4.69) is 27.7 Å². The molecule has 0 bridgehead atoms. The van der Waals surface area contributed by atoms with Crippen molar-refractivity contribution in [1.29, 1.82) is 0 Å². The Morgan fingerprint density at radius 1 is 0.345 bits per heavy atom. The van der Waals surface area contributed by atoms with Gasteiger partial charge in [0.05, 0.1) is 0 Å². The molecule has 0 amide bonds. The maximum atomic E-state index is 6.03. The van der Waals surface area contributed by atoms with E-state index in [0.717, 1.165) is 25.7 Å². The molecule has 0 aliphatic rings. The van der Waals surface area contributed by atoms with Crippen LogP contribution in [0.25, 0.3) is 0 Å². The Balaban J connectivity index is 4.69. The minimum atomic E-state index is -3.96. The fraction of sp³-hybridized carbons (Fsp3) is 1.00. The molecule has 176 valence electrons. The van der Waals surface area contributed by atoms with Crippen LogP contribution in [0.2, 0.25) is 0 Å². The Kier molecular flexibility index (Phi) is 23.4. The van der Waals surface area contributed by atoms with Gasteiger partial charge in [-0.15, -0.1) is 0 Å². The molecule has 0 aromatic rings. The van der Waals surface area contributed by atoms with Crippen LogP contribution < -0.4 is 0 Å². The van der Waals surface area contributed by atoms with Gasteiger partial charge in [-0.1, -0.05) is 0 Å². The van der Waals surface area contributed by atoms with E-state index in [4.69, 9.17) is 32.2 Å². The number of hydrogen-bond acceptors (Lipinski definition) is 8. The summed E-state index contributed by atoms with van der Waals surface area (Å²) in [5.41, 5.74) is 0. The van der Waals surface area contributed by atoms with Gasteiger partial charge in [-0.2, -0.15) is 0 Å². The fourth-order valence-electron chi connectivity index (χ4n) is 2.14. The fourth-order valence-corrected chi connectivity index (χ4v) is 5.00. The zero-order chi connectivity index (χ0) is 21.5. The summed E-state index contributed by atoms with van der Waals surface area (Å²) in [5, 5.41) is 0. The van der Waals surface area contributed by atoms with Crippen LogP contribution in [-0.2, 0) is 50.4 Å². The summed E-state index contributed by atoms with van der Waals surface area (Å²) in [6.07, 6.45) is 3.87. The molecule has 0 saturated carbocycles. The van der Waals surface area contributed by atoms with E-state index in [1.165, 1.54) is 0 Å². The molecular formula is C20H44O8Ti. The van der Waals surface area contributed by atoms with E-state index in [1.807, 2.05) is 0 Å². The first kappa shape index (κ1) is 29.4. The van der Waals surface area contributed by atoms with Gasteiger partial charge >= 0.3 is 183 Å². The van der Waals surface area contributed by atoms with Crippen molar-refractivity contribution < 1.29 is 50.4 Å². The van der Waals surface area contributed by atoms with Gasteiger partial charge in [0.2, 0.25) is 0 Å². The van der Waals surface area contributed by atoms with Gasteiger partial charge in [0.1, 0.15) is 0 Å². The molecule has 0 fully saturated rings. The van der Waals surface area contributed by atoms with Gasteiger partial charge in [0, 0.05) is 0 Å². The molecular weight excluding hydrogens is 416 g/mol. The summed E-state index contributed by atoms with van der Waals surface area (Å²) in [6, 6.07) is 0. The van der Waals surface area contributed by atoms with Gasteiger partial charge in [-0.25, -0.2) is 0 Å². The average molecular weight is 460 g/mol. The SMILES string of the molecule is CCCOCC[O][Ti]([O]CCOCCC)([O]CCOCCC)[O]CCOCCC. The van der Waals surface area contributed by atoms with Gasteiger partial charge < -0.3 is 0 Å². The Morgan fingerprint density at radius 3 is 0.793 bits per heavy atom. The van der Waals surface area contributed by atoms with E-state index in [1.54, 1.807) is 0 Å². The number of ether oxygens (including phenoxy) is 4. The normalized spacial score (nSPS) is 12.0. The van der Waals surface area contributed by atoms with Crippen molar-refractivity contribution in [2.45, 2.75) is 53.4 Å². The van der Waals surface area contributed by atoms with Crippen molar-refractivity contribution in [3.63, 3.8) is 0 Å². The third-order valence-corrected chi connectivity index (χ3v) is 6.90. The second-order valence-corrected chi connectivity index (χ2v) is 9.71. The molecule has 0 rings (SSSR count). The van der Waals surface area contributed by atoms with Crippen molar-refractivity contribution in [3.8, 4) is 0 Å². The summed E-state index contributed by atoms with van der Waals surface area (Å²) in [7, 11) is 0. The van der Waals surface area contributed by atoms with Gasteiger partial charge in [-0.3, -0.25) is 0 Å². The molecule has 0 N–H and O–H groups in total. The van der Waals surface area contributed by atoms with Gasteiger partial charge in [0.15, 0.2) is 0 Å². The third-order valence-electron chi connectivity index (χ3n) is 3.42. The molecule has 0 unspecified atom stereocenters. The van der Waals surface area contributed by atoms with Crippen molar-refractivity contribution in [3.05, 3.63) is 0 Å². The van der Waals surface area contributed by atoms with Gasteiger partial charge in [-0.05, 0) is 0 Å². The predicted octanol–water partition coefficient (Wildman–Crippen LogP) is 3.57. The van der Waals surface area contributed by atoms with Gasteiger partial charge in [0.25, 0.3) is 0 Å². The van der Waals surface area contributed by atoms with Crippen LogP contribution in [0.5, 0.6) is 0 Å². The zero-order valence-corrected chi connectivity index (χ0v) is 20.6. The first-order valence-electron chi connectivity index (χ1n) is 11.1. The summed E-state index contributed by atoms with van der Waals surface area (Å²) in [6.45, 7) is 14.4. The topological polar surface area (TPSA) is 73.8 Å². The van der Waals surface area contributed by atoms with E-state index in [0.29, 0.717) is 79.3 Å². The molecule has 0 radical (unpaired) electrons. The van der Waals surface area contributed by atoms with E-state index < -0.39 is 18.1 Å². The summed E-state index contributed by atoms with van der Waals surface area (Å²) < 4.78 is 46.2. The molecule has 0 spiro atoms.